The Bertz CT molecular complexity index is 550. The molecule has 2 aromatic heterocycles. The highest BCUT2D eigenvalue weighted by atomic mass is 16.5. The number of carbonyl (C=O) groups excluding carboxylic acids is 1. The lowest BCUT2D eigenvalue weighted by Gasteiger charge is -2.03. The Labute approximate surface area is 110 Å². The van der Waals surface area contributed by atoms with E-state index >= 15 is 0 Å². The third kappa shape index (κ3) is 3.27. The van der Waals surface area contributed by atoms with Gasteiger partial charge >= 0.3 is 5.97 Å². The van der Waals surface area contributed by atoms with Crippen LogP contribution in [0.3, 0.4) is 0 Å². The van der Waals surface area contributed by atoms with Gasteiger partial charge in [0, 0.05) is 6.42 Å². The second-order valence-corrected chi connectivity index (χ2v) is 3.71. The zero-order valence-electron chi connectivity index (χ0n) is 10.7. The van der Waals surface area contributed by atoms with Crippen molar-refractivity contribution in [3.05, 3.63) is 35.9 Å². The molecule has 0 spiro atoms. The van der Waals surface area contributed by atoms with E-state index in [0.717, 1.165) is 12.2 Å². The number of methoxy groups -OCH3 is 1. The number of anilines is 1. The summed E-state index contributed by atoms with van der Waals surface area (Å²) >= 11 is 0. The number of aryl methyl sites for hydroxylation is 1. The Balaban J connectivity index is 1.94. The lowest BCUT2D eigenvalue weighted by atomic mass is 10.4. The first-order valence-electron chi connectivity index (χ1n) is 5.80. The van der Waals surface area contributed by atoms with E-state index in [9.17, 15) is 4.79 Å². The Kier molecular flexibility index (Phi) is 4.07. The largest absolute Gasteiger partial charge is 0.464 e. The van der Waals surface area contributed by atoms with Gasteiger partial charge in [-0.05, 0) is 0 Å². The molecule has 0 atom stereocenters. The van der Waals surface area contributed by atoms with Gasteiger partial charge in [0.15, 0.2) is 5.69 Å². The standard InChI is InChI=1S/C12H14N4O3/c1-3-8-4-16-11(19-8)7-15-10-6-13-9(5-14-10)12(17)18-2/h4-6H,3,7H2,1-2H3,(H,14,15). The number of esters is 1. The second-order valence-electron chi connectivity index (χ2n) is 3.71. The van der Waals surface area contributed by atoms with Crippen LogP contribution in [0.1, 0.15) is 29.1 Å². The Morgan fingerprint density at radius 2 is 2.16 bits per heavy atom. The molecule has 0 bridgehead atoms. The summed E-state index contributed by atoms with van der Waals surface area (Å²) in [6.07, 6.45) is 5.31. The van der Waals surface area contributed by atoms with E-state index in [2.05, 4.69) is 25.0 Å². The number of carbonyl (C=O) groups is 1. The van der Waals surface area contributed by atoms with Crippen LogP contribution >= 0.6 is 0 Å². The molecule has 2 aromatic rings. The molecule has 0 aliphatic carbocycles. The molecular weight excluding hydrogens is 248 g/mol. The van der Waals surface area contributed by atoms with Gasteiger partial charge in [0.2, 0.25) is 5.89 Å². The topological polar surface area (TPSA) is 90.1 Å². The molecule has 0 aliphatic rings. The zero-order valence-corrected chi connectivity index (χ0v) is 10.7. The third-order valence-electron chi connectivity index (χ3n) is 2.42. The fourth-order valence-electron chi connectivity index (χ4n) is 1.39. The first kappa shape index (κ1) is 13.0. The molecule has 0 radical (unpaired) electrons. The van der Waals surface area contributed by atoms with Gasteiger partial charge in [0.05, 0.1) is 32.2 Å². The van der Waals surface area contributed by atoms with Crippen LogP contribution in [0, 0.1) is 0 Å². The number of hydrogen-bond acceptors (Lipinski definition) is 7. The van der Waals surface area contributed by atoms with E-state index < -0.39 is 5.97 Å². The Morgan fingerprint density at radius 1 is 1.32 bits per heavy atom. The van der Waals surface area contributed by atoms with Gasteiger partial charge in [-0.25, -0.2) is 19.7 Å². The number of oxazole rings is 1. The second kappa shape index (κ2) is 5.94. The van der Waals surface area contributed by atoms with Gasteiger partial charge in [-0.3, -0.25) is 0 Å². The predicted octanol–water partition coefficient (Wildman–Crippen LogP) is 1.43. The average Bonchev–Trinajstić information content (AvgIpc) is 2.93. The monoisotopic (exact) mass is 262 g/mol. The molecule has 0 aromatic carbocycles. The molecule has 0 unspecified atom stereocenters. The van der Waals surface area contributed by atoms with Gasteiger partial charge in [-0.15, -0.1) is 0 Å². The molecule has 0 amide bonds. The van der Waals surface area contributed by atoms with Gasteiger partial charge in [-0.1, -0.05) is 6.92 Å². The first-order chi connectivity index (χ1) is 9.22. The SMILES string of the molecule is CCc1cnc(CNc2cnc(C(=O)OC)cn2)o1. The van der Waals surface area contributed by atoms with Crippen LogP contribution in [0.4, 0.5) is 5.82 Å². The normalized spacial score (nSPS) is 10.2. The summed E-state index contributed by atoms with van der Waals surface area (Å²) in [5.74, 6) is 1.43. The van der Waals surface area contributed by atoms with Crippen molar-refractivity contribution in [2.75, 3.05) is 12.4 Å². The number of ether oxygens (including phenoxy) is 1. The summed E-state index contributed by atoms with van der Waals surface area (Å²) in [5, 5.41) is 3.00. The van der Waals surface area contributed by atoms with Gasteiger partial charge in [0.1, 0.15) is 11.6 Å². The van der Waals surface area contributed by atoms with Crippen molar-refractivity contribution in [1.29, 1.82) is 0 Å². The molecule has 7 heteroatoms. The number of nitrogens with one attached hydrogen (secondary N) is 1. The summed E-state index contributed by atoms with van der Waals surface area (Å²) in [4.78, 5) is 23.3. The highest BCUT2D eigenvalue weighted by Gasteiger charge is 2.08. The van der Waals surface area contributed by atoms with Gasteiger partial charge in [0.25, 0.3) is 0 Å². The van der Waals surface area contributed by atoms with E-state index in [0.29, 0.717) is 18.3 Å². The van der Waals surface area contributed by atoms with E-state index in [4.69, 9.17) is 4.42 Å². The fraction of sp³-hybridized carbons (Fsp3) is 0.333. The molecular formula is C12H14N4O3. The van der Waals surface area contributed by atoms with Crippen LogP contribution in [-0.2, 0) is 17.7 Å². The maximum Gasteiger partial charge on any atom is 0.358 e. The van der Waals surface area contributed by atoms with Crippen molar-refractivity contribution < 1.29 is 13.9 Å². The van der Waals surface area contributed by atoms with Crippen LogP contribution in [0.25, 0.3) is 0 Å². The molecule has 7 nitrogen and oxygen atoms in total. The zero-order chi connectivity index (χ0) is 13.7. The number of hydrogen-bond donors (Lipinski definition) is 1. The first-order valence-corrected chi connectivity index (χ1v) is 5.80. The summed E-state index contributed by atoms with van der Waals surface area (Å²) in [7, 11) is 1.30. The Morgan fingerprint density at radius 3 is 2.74 bits per heavy atom. The maximum absolute atomic E-state index is 11.2. The van der Waals surface area contributed by atoms with Gasteiger partial charge in [-0.2, -0.15) is 0 Å². The van der Waals surface area contributed by atoms with Crippen LogP contribution in [0.15, 0.2) is 23.0 Å². The minimum Gasteiger partial charge on any atom is -0.464 e. The fourth-order valence-corrected chi connectivity index (χ4v) is 1.39. The lowest BCUT2D eigenvalue weighted by molar-refractivity contribution is 0.0593. The number of rotatable bonds is 5. The highest BCUT2D eigenvalue weighted by molar-refractivity contribution is 5.86. The van der Waals surface area contributed by atoms with Crippen molar-refractivity contribution in [3.8, 4) is 0 Å². The summed E-state index contributed by atoms with van der Waals surface area (Å²) in [5.41, 5.74) is 0.164. The van der Waals surface area contributed by atoms with Crippen molar-refractivity contribution in [2.24, 2.45) is 0 Å². The highest BCUT2D eigenvalue weighted by Crippen LogP contribution is 2.07. The molecule has 0 saturated carbocycles. The quantitative estimate of drug-likeness (QED) is 0.815. The molecule has 0 fully saturated rings. The molecule has 19 heavy (non-hydrogen) atoms. The average molecular weight is 262 g/mol. The van der Waals surface area contributed by atoms with E-state index in [-0.39, 0.29) is 5.69 Å². The van der Waals surface area contributed by atoms with E-state index in [1.54, 1.807) is 6.20 Å². The van der Waals surface area contributed by atoms with Crippen LogP contribution in [0.2, 0.25) is 0 Å². The summed E-state index contributed by atoms with van der Waals surface area (Å²) in [6.45, 7) is 2.40. The number of aromatic nitrogens is 3. The van der Waals surface area contributed by atoms with Crippen LogP contribution < -0.4 is 5.32 Å². The third-order valence-corrected chi connectivity index (χ3v) is 2.42. The molecule has 0 aliphatic heterocycles. The Hall–Kier alpha value is -2.44. The molecule has 2 heterocycles. The van der Waals surface area contributed by atoms with Crippen molar-refractivity contribution in [2.45, 2.75) is 19.9 Å². The van der Waals surface area contributed by atoms with Crippen molar-refractivity contribution in [3.63, 3.8) is 0 Å². The summed E-state index contributed by atoms with van der Waals surface area (Å²) in [6, 6.07) is 0. The minimum atomic E-state index is -0.515. The molecule has 0 saturated heterocycles. The predicted molar refractivity (Wildman–Crippen MR) is 66.6 cm³/mol. The minimum absolute atomic E-state index is 0.164. The van der Waals surface area contributed by atoms with Crippen molar-refractivity contribution >= 4 is 11.8 Å². The van der Waals surface area contributed by atoms with Crippen molar-refractivity contribution in [1.82, 2.24) is 15.0 Å². The van der Waals surface area contributed by atoms with Gasteiger partial charge < -0.3 is 14.5 Å². The summed E-state index contributed by atoms with van der Waals surface area (Å²) < 4.78 is 9.97. The van der Waals surface area contributed by atoms with Crippen LogP contribution in [0.5, 0.6) is 0 Å². The molecule has 100 valence electrons. The molecule has 2 rings (SSSR count). The molecule has 1 N–H and O–H groups in total. The smallest absolute Gasteiger partial charge is 0.358 e. The maximum atomic E-state index is 11.2. The van der Waals surface area contributed by atoms with E-state index in [1.165, 1.54) is 19.5 Å². The van der Waals surface area contributed by atoms with Crippen LogP contribution in [-0.4, -0.2) is 28.0 Å². The van der Waals surface area contributed by atoms with E-state index in [1.807, 2.05) is 6.92 Å². The lowest BCUT2D eigenvalue weighted by Crippen LogP contribution is -2.07. The number of nitrogens with zero attached hydrogens (tertiary/aromatic N) is 3.